The first kappa shape index (κ1) is 23.3. The van der Waals surface area contributed by atoms with Crippen molar-refractivity contribution in [2.45, 2.75) is 46.7 Å². The SMILES string of the molecule is CCCCNC(=NCc1ccc(C)cc1)NCc1c(C)nn(C)c1OC.I. The van der Waals surface area contributed by atoms with Gasteiger partial charge in [0.05, 0.1) is 31.5 Å². The fourth-order valence-corrected chi connectivity index (χ4v) is 2.73. The van der Waals surface area contributed by atoms with Crippen LogP contribution in [0.1, 0.15) is 42.1 Å². The summed E-state index contributed by atoms with van der Waals surface area (Å²) in [4.78, 5) is 4.73. The Hall–Kier alpha value is -1.77. The van der Waals surface area contributed by atoms with Crippen LogP contribution in [0.25, 0.3) is 0 Å². The van der Waals surface area contributed by atoms with Crippen LogP contribution in [0.2, 0.25) is 0 Å². The molecule has 0 aliphatic heterocycles. The molecule has 0 unspecified atom stereocenters. The van der Waals surface area contributed by atoms with Gasteiger partial charge in [0.1, 0.15) is 0 Å². The molecule has 0 aliphatic rings. The first-order valence-corrected chi connectivity index (χ1v) is 9.19. The summed E-state index contributed by atoms with van der Waals surface area (Å²) in [7, 11) is 3.56. The molecule has 0 radical (unpaired) electrons. The summed E-state index contributed by atoms with van der Waals surface area (Å²) < 4.78 is 7.23. The number of rotatable bonds is 8. The third kappa shape index (κ3) is 7.04. The number of ether oxygens (including phenoxy) is 1. The molecule has 0 saturated carbocycles. The number of nitrogens with zero attached hydrogens (tertiary/aromatic N) is 3. The number of hydrogen-bond acceptors (Lipinski definition) is 3. The fraction of sp³-hybridized carbons (Fsp3) is 0.500. The van der Waals surface area contributed by atoms with E-state index in [2.05, 4.69) is 53.8 Å². The van der Waals surface area contributed by atoms with Gasteiger partial charge >= 0.3 is 0 Å². The molecular formula is C20H32IN5O. The Morgan fingerprint density at radius 3 is 2.52 bits per heavy atom. The Morgan fingerprint density at radius 1 is 1.19 bits per heavy atom. The number of benzene rings is 1. The van der Waals surface area contributed by atoms with Crippen LogP contribution in [-0.4, -0.2) is 29.4 Å². The largest absolute Gasteiger partial charge is 0.481 e. The highest BCUT2D eigenvalue weighted by Crippen LogP contribution is 2.20. The zero-order chi connectivity index (χ0) is 18.9. The second-order valence-corrected chi connectivity index (χ2v) is 6.48. The third-order valence-corrected chi connectivity index (χ3v) is 4.28. The minimum Gasteiger partial charge on any atom is -0.481 e. The number of hydrogen-bond donors (Lipinski definition) is 2. The van der Waals surface area contributed by atoms with Crippen LogP contribution in [0, 0.1) is 13.8 Å². The molecule has 0 saturated heterocycles. The van der Waals surface area contributed by atoms with E-state index < -0.39 is 0 Å². The number of aryl methyl sites for hydroxylation is 3. The summed E-state index contributed by atoms with van der Waals surface area (Å²) in [5.74, 6) is 1.59. The van der Waals surface area contributed by atoms with Crippen LogP contribution in [0.15, 0.2) is 29.3 Å². The molecule has 2 aromatic rings. The Balaban J connectivity index is 0.00000364. The van der Waals surface area contributed by atoms with Crippen molar-refractivity contribution in [3.8, 4) is 5.88 Å². The summed E-state index contributed by atoms with van der Waals surface area (Å²) in [6, 6.07) is 8.48. The van der Waals surface area contributed by atoms with Gasteiger partial charge in [0.25, 0.3) is 0 Å². The first-order valence-electron chi connectivity index (χ1n) is 9.19. The molecule has 1 aromatic carbocycles. The molecule has 0 bridgehead atoms. The second-order valence-electron chi connectivity index (χ2n) is 6.48. The molecule has 0 amide bonds. The maximum Gasteiger partial charge on any atom is 0.216 e. The quantitative estimate of drug-likeness (QED) is 0.259. The minimum absolute atomic E-state index is 0. The highest BCUT2D eigenvalue weighted by Gasteiger charge is 2.14. The van der Waals surface area contributed by atoms with Gasteiger partial charge in [-0.1, -0.05) is 43.2 Å². The Kier molecular flexibility index (Phi) is 10.2. The van der Waals surface area contributed by atoms with E-state index in [1.165, 1.54) is 11.1 Å². The van der Waals surface area contributed by atoms with Crippen LogP contribution >= 0.6 is 24.0 Å². The lowest BCUT2D eigenvalue weighted by atomic mass is 10.1. The lowest BCUT2D eigenvalue weighted by Gasteiger charge is -2.13. The molecule has 2 N–H and O–H groups in total. The predicted octanol–water partition coefficient (Wildman–Crippen LogP) is 3.70. The van der Waals surface area contributed by atoms with Gasteiger partial charge in [0, 0.05) is 13.6 Å². The van der Waals surface area contributed by atoms with Crippen molar-refractivity contribution in [1.82, 2.24) is 20.4 Å². The number of aromatic nitrogens is 2. The number of methoxy groups -OCH3 is 1. The van der Waals surface area contributed by atoms with E-state index in [0.29, 0.717) is 13.1 Å². The highest BCUT2D eigenvalue weighted by atomic mass is 127. The average Bonchev–Trinajstić information content (AvgIpc) is 2.91. The smallest absolute Gasteiger partial charge is 0.216 e. The molecule has 1 heterocycles. The predicted molar refractivity (Wildman–Crippen MR) is 122 cm³/mol. The van der Waals surface area contributed by atoms with Gasteiger partial charge in [-0.15, -0.1) is 24.0 Å². The molecule has 0 atom stereocenters. The number of guanidine groups is 1. The van der Waals surface area contributed by atoms with Crippen molar-refractivity contribution >= 4 is 29.9 Å². The van der Waals surface area contributed by atoms with Crippen molar-refractivity contribution in [2.24, 2.45) is 12.0 Å². The number of aliphatic imine (C=N–C) groups is 1. The standard InChI is InChI=1S/C20H31N5O.HI/c1-6-7-12-21-20(22-13-17-10-8-15(2)9-11-17)23-14-18-16(3)24-25(4)19(18)26-5;/h8-11H,6-7,12-14H2,1-5H3,(H2,21,22,23);1H. The molecule has 1 aromatic heterocycles. The van der Waals surface area contributed by atoms with Gasteiger partial charge in [-0.25, -0.2) is 9.67 Å². The molecular weight excluding hydrogens is 453 g/mol. The summed E-state index contributed by atoms with van der Waals surface area (Å²) in [5, 5.41) is 11.2. The normalized spacial score (nSPS) is 11.1. The first-order chi connectivity index (χ1) is 12.5. The third-order valence-electron chi connectivity index (χ3n) is 4.28. The molecule has 150 valence electrons. The van der Waals surface area contributed by atoms with Gasteiger partial charge < -0.3 is 15.4 Å². The number of nitrogens with one attached hydrogen (secondary N) is 2. The van der Waals surface area contributed by atoms with Crippen LogP contribution in [0.4, 0.5) is 0 Å². The van der Waals surface area contributed by atoms with E-state index in [1.807, 2.05) is 14.0 Å². The van der Waals surface area contributed by atoms with Crippen molar-refractivity contribution < 1.29 is 4.74 Å². The zero-order valence-corrected chi connectivity index (χ0v) is 19.3. The Bertz CT molecular complexity index is 725. The Morgan fingerprint density at radius 2 is 1.89 bits per heavy atom. The van der Waals surface area contributed by atoms with Crippen LogP contribution in [-0.2, 0) is 20.1 Å². The topological polar surface area (TPSA) is 63.5 Å². The van der Waals surface area contributed by atoms with Crippen molar-refractivity contribution in [1.29, 1.82) is 0 Å². The molecule has 0 aliphatic carbocycles. The fourth-order valence-electron chi connectivity index (χ4n) is 2.73. The van der Waals surface area contributed by atoms with Crippen LogP contribution in [0.3, 0.4) is 0 Å². The summed E-state index contributed by atoms with van der Waals surface area (Å²) in [6.07, 6.45) is 2.26. The van der Waals surface area contributed by atoms with Gasteiger partial charge in [0.15, 0.2) is 5.96 Å². The maximum absolute atomic E-state index is 5.47. The van der Waals surface area contributed by atoms with Gasteiger partial charge in [-0.05, 0) is 25.8 Å². The van der Waals surface area contributed by atoms with Crippen molar-refractivity contribution in [2.75, 3.05) is 13.7 Å². The molecule has 6 nitrogen and oxygen atoms in total. The molecule has 0 spiro atoms. The van der Waals surface area contributed by atoms with E-state index in [9.17, 15) is 0 Å². The van der Waals surface area contributed by atoms with Gasteiger partial charge in [-0.3, -0.25) is 0 Å². The molecule has 2 rings (SSSR count). The number of halogens is 1. The maximum atomic E-state index is 5.47. The van der Waals surface area contributed by atoms with E-state index in [1.54, 1.807) is 11.8 Å². The lowest BCUT2D eigenvalue weighted by Crippen LogP contribution is -2.37. The highest BCUT2D eigenvalue weighted by molar-refractivity contribution is 14.0. The summed E-state index contributed by atoms with van der Waals surface area (Å²) in [6.45, 7) is 8.43. The van der Waals surface area contributed by atoms with Gasteiger partial charge in [-0.2, -0.15) is 5.10 Å². The van der Waals surface area contributed by atoms with E-state index in [-0.39, 0.29) is 24.0 Å². The zero-order valence-electron chi connectivity index (χ0n) is 17.0. The lowest BCUT2D eigenvalue weighted by molar-refractivity contribution is 0.369. The molecule has 7 heteroatoms. The average molecular weight is 485 g/mol. The molecule has 27 heavy (non-hydrogen) atoms. The van der Waals surface area contributed by atoms with E-state index in [4.69, 9.17) is 9.73 Å². The summed E-state index contributed by atoms with van der Waals surface area (Å²) in [5.41, 5.74) is 4.47. The van der Waals surface area contributed by atoms with Crippen LogP contribution in [0.5, 0.6) is 5.88 Å². The van der Waals surface area contributed by atoms with Crippen molar-refractivity contribution in [3.05, 3.63) is 46.6 Å². The van der Waals surface area contributed by atoms with E-state index in [0.717, 1.165) is 42.5 Å². The summed E-state index contributed by atoms with van der Waals surface area (Å²) >= 11 is 0. The Labute approximate surface area is 179 Å². The minimum atomic E-state index is 0. The second kappa shape index (κ2) is 11.8. The molecule has 0 fully saturated rings. The van der Waals surface area contributed by atoms with Crippen LogP contribution < -0.4 is 15.4 Å². The van der Waals surface area contributed by atoms with Crippen molar-refractivity contribution in [3.63, 3.8) is 0 Å². The number of unbranched alkanes of at least 4 members (excludes halogenated alkanes) is 1. The van der Waals surface area contributed by atoms with E-state index >= 15 is 0 Å². The monoisotopic (exact) mass is 485 g/mol. The van der Waals surface area contributed by atoms with Gasteiger partial charge in [0.2, 0.25) is 5.88 Å².